The Morgan fingerprint density at radius 2 is 1.81 bits per heavy atom. The topological polar surface area (TPSA) is 65.5 Å². The number of urea groups is 1. The van der Waals surface area contributed by atoms with E-state index in [-0.39, 0.29) is 17.9 Å². The van der Waals surface area contributed by atoms with Crippen molar-refractivity contribution in [2.75, 3.05) is 32.7 Å². The molecule has 2 aliphatic heterocycles. The van der Waals surface area contributed by atoms with Crippen LogP contribution in [0.3, 0.4) is 0 Å². The molecule has 1 N–H and O–H groups in total. The summed E-state index contributed by atoms with van der Waals surface area (Å²) in [6.45, 7) is 7.76. The third-order valence-electron chi connectivity index (χ3n) is 5.83. The molecule has 0 radical (unpaired) electrons. The van der Waals surface area contributed by atoms with Crippen LogP contribution in [0.2, 0.25) is 0 Å². The summed E-state index contributed by atoms with van der Waals surface area (Å²) in [6.07, 6.45) is 7.77. The molecule has 2 fully saturated rings. The van der Waals surface area contributed by atoms with Gasteiger partial charge in [0.15, 0.2) is 0 Å². The van der Waals surface area contributed by atoms with Gasteiger partial charge in [0.25, 0.3) is 0 Å². The molecule has 3 heterocycles. The molecule has 0 saturated carbocycles. The van der Waals surface area contributed by atoms with Crippen LogP contribution in [-0.4, -0.2) is 59.4 Å². The van der Waals surface area contributed by atoms with Gasteiger partial charge in [-0.2, -0.15) is 0 Å². The van der Waals surface area contributed by atoms with Crippen LogP contribution in [0, 0.1) is 11.8 Å². The highest BCUT2D eigenvalue weighted by molar-refractivity contribution is 5.78. The molecule has 0 spiro atoms. The van der Waals surface area contributed by atoms with Crippen LogP contribution in [0.1, 0.15) is 51.0 Å². The van der Waals surface area contributed by atoms with Gasteiger partial charge in [-0.05, 0) is 55.2 Å². The maximum atomic E-state index is 12.5. The molecule has 6 heteroatoms. The van der Waals surface area contributed by atoms with Crippen molar-refractivity contribution in [3.63, 3.8) is 0 Å². The molecule has 0 bridgehead atoms. The Bertz CT molecular complexity index is 626. The Labute approximate surface area is 162 Å². The number of rotatable bonds is 4. The highest BCUT2D eigenvalue weighted by Gasteiger charge is 2.27. The van der Waals surface area contributed by atoms with Crippen molar-refractivity contribution in [2.24, 2.45) is 11.8 Å². The molecule has 1 atom stereocenters. The number of carbonyl (C=O) groups is 2. The number of likely N-dealkylation sites (tertiary alicyclic amines) is 2. The molecule has 2 saturated heterocycles. The molecular formula is C21H32N4O2. The lowest BCUT2D eigenvalue weighted by molar-refractivity contribution is -0.136. The quantitative estimate of drug-likeness (QED) is 0.884. The fourth-order valence-electron chi connectivity index (χ4n) is 4.19. The minimum absolute atomic E-state index is 0.0375. The van der Waals surface area contributed by atoms with Gasteiger partial charge in [0.05, 0.1) is 0 Å². The fraction of sp³-hybridized carbons (Fsp3) is 0.667. The molecule has 148 valence electrons. The second-order valence-corrected chi connectivity index (χ2v) is 8.18. The van der Waals surface area contributed by atoms with E-state index in [9.17, 15) is 9.59 Å². The molecule has 1 aromatic rings. The van der Waals surface area contributed by atoms with Gasteiger partial charge >= 0.3 is 6.03 Å². The van der Waals surface area contributed by atoms with Gasteiger partial charge in [0.2, 0.25) is 5.91 Å². The largest absolute Gasteiger partial charge is 0.342 e. The predicted molar refractivity (Wildman–Crippen MR) is 105 cm³/mol. The summed E-state index contributed by atoms with van der Waals surface area (Å²) >= 11 is 0. The van der Waals surface area contributed by atoms with E-state index in [1.54, 1.807) is 0 Å². The van der Waals surface area contributed by atoms with Crippen molar-refractivity contribution < 1.29 is 9.59 Å². The molecule has 6 nitrogen and oxygen atoms in total. The summed E-state index contributed by atoms with van der Waals surface area (Å²) in [6, 6.07) is 4.19. The summed E-state index contributed by atoms with van der Waals surface area (Å²) in [5.41, 5.74) is 1.32. The molecule has 3 amide bonds. The van der Waals surface area contributed by atoms with Gasteiger partial charge in [0.1, 0.15) is 0 Å². The number of piperidine rings is 2. The summed E-state index contributed by atoms with van der Waals surface area (Å²) in [7, 11) is 0. The maximum Gasteiger partial charge on any atom is 0.317 e. The molecule has 27 heavy (non-hydrogen) atoms. The van der Waals surface area contributed by atoms with Crippen LogP contribution < -0.4 is 5.32 Å². The Kier molecular flexibility index (Phi) is 6.69. The summed E-state index contributed by atoms with van der Waals surface area (Å²) in [5.74, 6) is 1.15. The molecule has 1 unspecified atom stereocenters. The third-order valence-corrected chi connectivity index (χ3v) is 5.83. The summed E-state index contributed by atoms with van der Waals surface area (Å²) in [4.78, 5) is 32.7. The number of amides is 3. The van der Waals surface area contributed by atoms with E-state index in [0.717, 1.165) is 51.9 Å². The van der Waals surface area contributed by atoms with Gasteiger partial charge in [-0.25, -0.2) is 4.79 Å². The lowest BCUT2D eigenvalue weighted by Crippen LogP contribution is -2.48. The lowest BCUT2D eigenvalue weighted by atomic mass is 9.90. The smallest absolute Gasteiger partial charge is 0.317 e. The van der Waals surface area contributed by atoms with Gasteiger partial charge in [-0.3, -0.25) is 9.78 Å². The van der Waals surface area contributed by atoms with Crippen molar-refractivity contribution >= 4 is 11.9 Å². The predicted octanol–water partition coefficient (Wildman–Crippen LogP) is 2.87. The van der Waals surface area contributed by atoms with E-state index in [4.69, 9.17) is 0 Å². The number of hydrogen-bond acceptors (Lipinski definition) is 3. The van der Waals surface area contributed by atoms with Gasteiger partial charge in [0, 0.05) is 51.0 Å². The SMILES string of the molecule is CC(C)C(=O)N1CCCC(CNC(=O)N2CCC(c3ccncc3)CC2)C1. The highest BCUT2D eigenvalue weighted by atomic mass is 16.2. The molecule has 0 aromatic carbocycles. The molecule has 1 aromatic heterocycles. The molecule has 0 aliphatic carbocycles. The second kappa shape index (κ2) is 9.20. The maximum absolute atomic E-state index is 12.5. The zero-order chi connectivity index (χ0) is 19.2. The van der Waals surface area contributed by atoms with Crippen LogP contribution in [0.4, 0.5) is 4.79 Å². The Morgan fingerprint density at radius 3 is 2.48 bits per heavy atom. The first-order chi connectivity index (χ1) is 13.0. The first-order valence-corrected chi connectivity index (χ1v) is 10.3. The zero-order valence-corrected chi connectivity index (χ0v) is 16.6. The monoisotopic (exact) mass is 372 g/mol. The highest BCUT2D eigenvalue weighted by Crippen LogP contribution is 2.27. The van der Waals surface area contributed by atoms with Crippen LogP contribution >= 0.6 is 0 Å². The number of carbonyl (C=O) groups excluding carboxylic acids is 2. The van der Waals surface area contributed by atoms with Gasteiger partial charge < -0.3 is 15.1 Å². The van der Waals surface area contributed by atoms with Gasteiger partial charge in [-0.1, -0.05) is 13.8 Å². The lowest BCUT2D eigenvalue weighted by Gasteiger charge is -2.35. The zero-order valence-electron chi connectivity index (χ0n) is 16.6. The van der Waals surface area contributed by atoms with E-state index >= 15 is 0 Å². The van der Waals surface area contributed by atoms with Crippen molar-refractivity contribution in [3.8, 4) is 0 Å². The first kappa shape index (κ1) is 19.6. The van der Waals surface area contributed by atoms with E-state index in [1.807, 2.05) is 36.0 Å². The Hall–Kier alpha value is -2.11. The van der Waals surface area contributed by atoms with E-state index in [2.05, 4.69) is 22.4 Å². The Balaban J connectivity index is 1.41. The average molecular weight is 373 g/mol. The third kappa shape index (κ3) is 5.21. The fourth-order valence-corrected chi connectivity index (χ4v) is 4.19. The van der Waals surface area contributed by atoms with E-state index in [1.165, 1.54) is 5.56 Å². The summed E-state index contributed by atoms with van der Waals surface area (Å²) < 4.78 is 0. The molecule has 3 rings (SSSR count). The number of nitrogens with one attached hydrogen (secondary N) is 1. The number of aromatic nitrogens is 1. The first-order valence-electron chi connectivity index (χ1n) is 10.3. The molecule has 2 aliphatic rings. The summed E-state index contributed by atoms with van der Waals surface area (Å²) in [5, 5.41) is 3.10. The minimum atomic E-state index is 0.0375. The van der Waals surface area contributed by atoms with Crippen molar-refractivity contribution in [2.45, 2.75) is 45.4 Å². The average Bonchev–Trinajstić information content (AvgIpc) is 2.72. The van der Waals surface area contributed by atoms with Crippen molar-refractivity contribution in [1.29, 1.82) is 0 Å². The van der Waals surface area contributed by atoms with Crippen LogP contribution in [0.25, 0.3) is 0 Å². The Morgan fingerprint density at radius 1 is 1.11 bits per heavy atom. The van der Waals surface area contributed by atoms with E-state index < -0.39 is 0 Å². The normalized spacial score (nSPS) is 21.4. The number of hydrogen-bond donors (Lipinski definition) is 1. The van der Waals surface area contributed by atoms with Crippen LogP contribution in [0.5, 0.6) is 0 Å². The molecular weight excluding hydrogens is 340 g/mol. The minimum Gasteiger partial charge on any atom is -0.342 e. The number of pyridine rings is 1. The standard InChI is InChI=1S/C21H32N4O2/c1-16(2)20(26)25-11-3-4-17(15-25)14-23-21(27)24-12-7-19(8-13-24)18-5-9-22-10-6-18/h5-6,9-10,16-17,19H,3-4,7-8,11-15H2,1-2H3,(H,23,27). The van der Waals surface area contributed by atoms with Crippen molar-refractivity contribution in [1.82, 2.24) is 20.1 Å². The number of nitrogens with zero attached hydrogens (tertiary/aromatic N) is 3. The second-order valence-electron chi connectivity index (χ2n) is 8.18. The van der Waals surface area contributed by atoms with Crippen LogP contribution in [-0.2, 0) is 4.79 Å². The van der Waals surface area contributed by atoms with E-state index in [0.29, 0.717) is 18.4 Å². The van der Waals surface area contributed by atoms with Crippen LogP contribution in [0.15, 0.2) is 24.5 Å². The van der Waals surface area contributed by atoms with Gasteiger partial charge in [-0.15, -0.1) is 0 Å². The van der Waals surface area contributed by atoms with Crippen molar-refractivity contribution in [3.05, 3.63) is 30.1 Å².